The fraction of sp³-hybridized carbons (Fsp3) is 0.538. The number of ether oxygens (including phenoxy) is 2. The van der Waals surface area contributed by atoms with Crippen LogP contribution in [0.1, 0.15) is 26.7 Å². The van der Waals surface area contributed by atoms with Crippen molar-refractivity contribution in [2.24, 2.45) is 0 Å². The average molecular weight is 303 g/mol. The van der Waals surface area contributed by atoms with Crippen LogP contribution in [0.3, 0.4) is 0 Å². The highest BCUT2D eigenvalue weighted by Gasteiger charge is 2.31. The highest BCUT2D eigenvalue weighted by Crippen LogP contribution is 2.31. The molecule has 0 saturated carbocycles. The van der Waals surface area contributed by atoms with Gasteiger partial charge in [0.05, 0.1) is 16.2 Å². The van der Waals surface area contributed by atoms with Crippen molar-refractivity contribution >= 4 is 15.9 Å². The van der Waals surface area contributed by atoms with Crippen LogP contribution in [-0.4, -0.2) is 18.3 Å². The topological polar surface area (TPSA) is 18.5 Å². The molecule has 0 bridgehead atoms. The second kappa shape index (κ2) is 4.94. The Morgan fingerprint density at radius 1 is 1.53 bits per heavy atom. The predicted octanol–water partition coefficient (Wildman–Crippen LogP) is 3.92. The van der Waals surface area contributed by atoms with Crippen LogP contribution in [0, 0.1) is 5.82 Å². The smallest absolute Gasteiger partial charge is 0.133 e. The van der Waals surface area contributed by atoms with Crippen molar-refractivity contribution in [3.05, 3.63) is 28.5 Å². The summed E-state index contributed by atoms with van der Waals surface area (Å²) in [5.41, 5.74) is -0.0476. The van der Waals surface area contributed by atoms with Gasteiger partial charge < -0.3 is 9.47 Å². The summed E-state index contributed by atoms with van der Waals surface area (Å²) in [6.07, 6.45) is 2.18. The first-order valence-corrected chi connectivity index (χ1v) is 6.51. The van der Waals surface area contributed by atoms with Gasteiger partial charge in [0.1, 0.15) is 18.2 Å². The molecule has 1 heterocycles. The van der Waals surface area contributed by atoms with Crippen LogP contribution in [0.25, 0.3) is 0 Å². The van der Waals surface area contributed by atoms with Gasteiger partial charge in [-0.2, -0.15) is 0 Å². The molecule has 2 nitrogen and oxygen atoms in total. The number of rotatable bonds is 3. The van der Waals surface area contributed by atoms with Crippen LogP contribution in [0.4, 0.5) is 4.39 Å². The third-order valence-electron chi connectivity index (χ3n) is 2.87. The summed E-state index contributed by atoms with van der Waals surface area (Å²) in [7, 11) is 0. The van der Waals surface area contributed by atoms with E-state index in [9.17, 15) is 4.39 Å². The summed E-state index contributed by atoms with van der Waals surface area (Å²) in [5, 5.41) is 0. The Bertz CT molecular complexity index is 406. The Labute approximate surface area is 109 Å². The first-order valence-electron chi connectivity index (χ1n) is 5.72. The molecule has 0 aromatic heterocycles. The third kappa shape index (κ3) is 3.42. The molecular weight excluding hydrogens is 287 g/mol. The predicted molar refractivity (Wildman–Crippen MR) is 67.8 cm³/mol. The van der Waals surface area contributed by atoms with Crippen LogP contribution >= 0.6 is 15.9 Å². The minimum absolute atomic E-state index is 0.0476. The monoisotopic (exact) mass is 302 g/mol. The van der Waals surface area contributed by atoms with Gasteiger partial charge in [-0.3, -0.25) is 0 Å². The number of hydrogen-bond donors (Lipinski definition) is 0. The third-order valence-corrected chi connectivity index (χ3v) is 3.49. The van der Waals surface area contributed by atoms with Gasteiger partial charge in [0, 0.05) is 0 Å². The minimum atomic E-state index is -0.275. The molecule has 1 aliphatic heterocycles. The molecule has 0 N–H and O–H groups in total. The molecule has 0 amide bonds. The molecule has 1 atom stereocenters. The molecule has 0 radical (unpaired) electrons. The van der Waals surface area contributed by atoms with E-state index in [2.05, 4.69) is 29.8 Å². The van der Waals surface area contributed by atoms with E-state index in [1.807, 2.05) is 0 Å². The van der Waals surface area contributed by atoms with E-state index >= 15 is 0 Å². The summed E-state index contributed by atoms with van der Waals surface area (Å²) >= 11 is 3.27. The van der Waals surface area contributed by atoms with Gasteiger partial charge in [-0.05, 0) is 60.8 Å². The molecule has 1 aromatic rings. The molecule has 1 unspecified atom stereocenters. The molecule has 1 aromatic carbocycles. The maximum absolute atomic E-state index is 12.9. The lowest BCUT2D eigenvalue weighted by Crippen LogP contribution is -2.23. The molecule has 1 saturated heterocycles. The number of hydrogen-bond acceptors (Lipinski definition) is 2. The lowest BCUT2D eigenvalue weighted by Gasteiger charge is -2.19. The fourth-order valence-corrected chi connectivity index (χ4v) is 2.44. The van der Waals surface area contributed by atoms with Crippen molar-refractivity contribution in [3.8, 4) is 5.75 Å². The van der Waals surface area contributed by atoms with Crippen LogP contribution in [0.2, 0.25) is 0 Å². The molecular formula is C13H16BrFO2. The SMILES string of the molecule is CC1(C)CCC(COc2ccc(F)cc2Br)O1. The lowest BCUT2D eigenvalue weighted by molar-refractivity contribution is -0.0327. The van der Waals surface area contributed by atoms with Crippen molar-refractivity contribution in [3.63, 3.8) is 0 Å². The van der Waals surface area contributed by atoms with Gasteiger partial charge in [-0.1, -0.05) is 0 Å². The van der Waals surface area contributed by atoms with Crippen LogP contribution < -0.4 is 4.74 Å². The summed E-state index contributed by atoms with van der Waals surface area (Å²) in [5.74, 6) is 0.377. The number of benzene rings is 1. The van der Waals surface area contributed by atoms with Crippen LogP contribution in [0.5, 0.6) is 5.75 Å². The Morgan fingerprint density at radius 3 is 2.88 bits per heavy atom. The van der Waals surface area contributed by atoms with E-state index in [1.165, 1.54) is 12.1 Å². The van der Waals surface area contributed by atoms with E-state index in [0.29, 0.717) is 16.8 Å². The van der Waals surface area contributed by atoms with Gasteiger partial charge >= 0.3 is 0 Å². The highest BCUT2D eigenvalue weighted by atomic mass is 79.9. The van der Waals surface area contributed by atoms with Crippen molar-refractivity contribution in [2.45, 2.75) is 38.4 Å². The Balaban J connectivity index is 1.90. The second-order valence-electron chi connectivity index (χ2n) is 4.92. The molecule has 17 heavy (non-hydrogen) atoms. The summed E-state index contributed by atoms with van der Waals surface area (Å²) in [6.45, 7) is 4.68. The summed E-state index contributed by atoms with van der Waals surface area (Å²) in [4.78, 5) is 0. The molecule has 94 valence electrons. The zero-order valence-corrected chi connectivity index (χ0v) is 11.6. The Kier molecular flexibility index (Phi) is 3.73. The quantitative estimate of drug-likeness (QED) is 0.842. The normalized spacial score (nSPS) is 22.7. The lowest BCUT2D eigenvalue weighted by atomic mass is 10.1. The van der Waals surface area contributed by atoms with Gasteiger partial charge in [0.25, 0.3) is 0 Å². The standard InChI is InChI=1S/C13H16BrFO2/c1-13(2)6-5-10(17-13)8-16-12-4-3-9(15)7-11(12)14/h3-4,7,10H,5-6,8H2,1-2H3. The molecule has 4 heteroatoms. The Morgan fingerprint density at radius 2 is 2.29 bits per heavy atom. The second-order valence-corrected chi connectivity index (χ2v) is 5.78. The van der Waals surface area contributed by atoms with Crippen molar-refractivity contribution in [1.82, 2.24) is 0 Å². The van der Waals surface area contributed by atoms with Crippen LogP contribution in [-0.2, 0) is 4.74 Å². The van der Waals surface area contributed by atoms with Gasteiger partial charge in [-0.15, -0.1) is 0 Å². The van der Waals surface area contributed by atoms with Gasteiger partial charge in [-0.25, -0.2) is 4.39 Å². The first kappa shape index (κ1) is 12.8. The van der Waals surface area contributed by atoms with Crippen molar-refractivity contribution in [2.75, 3.05) is 6.61 Å². The molecule has 1 aliphatic rings. The molecule has 1 fully saturated rings. The highest BCUT2D eigenvalue weighted by molar-refractivity contribution is 9.10. The minimum Gasteiger partial charge on any atom is -0.490 e. The molecule has 0 aliphatic carbocycles. The van der Waals surface area contributed by atoms with E-state index in [0.717, 1.165) is 12.8 Å². The van der Waals surface area contributed by atoms with Crippen LogP contribution in [0.15, 0.2) is 22.7 Å². The summed E-state index contributed by atoms with van der Waals surface area (Å²) in [6, 6.07) is 4.41. The van der Waals surface area contributed by atoms with Gasteiger partial charge in [0.2, 0.25) is 0 Å². The van der Waals surface area contributed by atoms with E-state index in [4.69, 9.17) is 9.47 Å². The number of halogens is 2. The van der Waals surface area contributed by atoms with Crippen molar-refractivity contribution in [1.29, 1.82) is 0 Å². The maximum Gasteiger partial charge on any atom is 0.133 e. The largest absolute Gasteiger partial charge is 0.490 e. The van der Waals surface area contributed by atoms with Crippen molar-refractivity contribution < 1.29 is 13.9 Å². The Hall–Kier alpha value is -0.610. The molecule has 0 spiro atoms. The maximum atomic E-state index is 12.9. The summed E-state index contributed by atoms with van der Waals surface area (Å²) < 4.78 is 25.0. The van der Waals surface area contributed by atoms with E-state index in [1.54, 1.807) is 6.07 Å². The zero-order chi connectivity index (χ0) is 12.5. The first-order chi connectivity index (χ1) is 7.96. The van der Waals surface area contributed by atoms with E-state index in [-0.39, 0.29) is 17.5 Å². The molecule has 2 rings (SSSR count). The average Bonchev–Trinajstić information content (AvgIpc) is 2.57. The fourth-order valence-electron chi connectivity index (χ4n) is 1.97. The zero-order valence-electron chi connectivity index (χ0n) is 10.0. The van der Waals surface area contributed by atoms with E-state index < -0.39 is 0 Å². The van der Waals surface area contributed by atoms with Gasteiger partial charge in [0.15, 0.2) is 0 Å².